The summed E-state index contributed by atoms with van der Waals surface area (Å²) in [6, 6.07) is 23.3. The third-order valence-electron chi connectivity index (χ3n) is 10.8. The van der Waals surface area contributed by atoms with E-state index in [9.17, 15) is 19.2 Å². The first-order valence-corrected chi connectivity index (χ1v) is 22.1. The summed E-state index contributed by atoms with van der Waals surface area (Å²) < 4.78 is 0. The van der Waals surface area contributed by atoms with E-state index in [1.807, 2.05) is 100 Å². The molecule has 4 aromatic rings. The Morgan fingerprint density at radius 3 is 0.639 bits per heavy atom. The van der Waals surface area contributed by atoms with Gasteiger partial charge in [-0.15, -0.1) is 0 Å². The lowest BCUT2D eigenvalue weighted by molar-refractivity contribution is -0.114. The maximum absolute atomic E-state index is 12.1. The van der Waals surface area contributed by atoms with E-state index in [1.165, 1.54) is 0 Å². The van der Waals surface area contributed by atoms with Crippen LogP contribution in [0, 0.1) is 0 Å². The highest BCUT2D eigenvalue weighted by Gasteiger charge is 2.13. The molecule has 20 N–H and O–H groups in total. The number of Topliss-reactive ketones (excluding diaryl/α,β-unsaturated/α-hetero) is 4. The van der Waals surface area contributed by atoms with Gasteiger partial charge in [-0.05, 0) is 155 Å². The predicted molar refractivity (Wildman–Crippen MR) is 285 cm³/mol. The zero-order valence-electron chi connectivity index (χ0n) is 43.1. The van der Waals surface area contributed by atoms with Crippen LogP contribution in [-0.4, -0.2) is 113 Å². The van der Waals surface area contributed by atoms with E-state index < -0.39 is 0 Å². The molecule has 0 atom stereocenters. The standard InChI is InChI=1S/2C26H34N4O2.8H2O/c2*1-19(25(21(3)31)13-11-23-9-5-7-15-29-23)27-17-18-28-20(2)26(22(4)32)14-12-24-10-6-8-16-30-24;;;;;;;;/h2*5-10,15-16,27-28H,11-14,17-18H2,1-4H3;8*1H2/b2*25-19-,26-20-;;;;;;;;. The molecule has 0 aliphatic rings. The molecule has 4 aromatic heterocycles. The average Bonchev–Trinajstić information content (AvgIpc) is 3.28. The van der Waals surface area contributed by atoms with Crippen LogP contribution in [0.5, 0.6) is 0 Å². The highest BCUT2D eigenvalue weighted by molar-refractivity contribution is 5.95. The fraction of sp³-hybridized carbons (Fsp3) is 0.385. The maximum atomic E-state index is 12.1. The number of nitrogens with zero attached hydrogens (tertiary/aromatic N) is 4. The summed E-state index contributed by atoms with van der Waals surface area (Å²) >= 11 is 0. The zero-order chi connectivity index (χ0) is 46.7. The third-order valence-corrected chi connectivity index (χ3v) is 10.8. The van der Waals surface area contributed by atoms with E-state index in [1.54, 1.807) is 52.5 Å². The van der Waals surface area contributed by atoms with Crippen molar-refractivity contribution < 1.29 is 63.0 Å². The molecular formula is C52H84N8O12. The minimum atomic E-state index is 0. The van der Waals surface area contributed by atoms with Crippen LogP contribution >= 0.6 is 0 Å². The molecule has 20 heteroatoms. The minimum absolute atomic E-state index is 0. The molecular weight excluding hydrogens is 929 g/mol. The smallest absolute Gasteiger partial charge is 0.157 e. The van der Waals surface area contributed by atoms with E-state index in [2.05, 4.69) is 41.2 Å². The number of hydrogen-bond acceptors (Lipinski definition) is 12. The van der Waals surface area contributed by atoms with Gasteiger partial charge >= 0.3 is 0 Å². The van der Waals surface area contributed by atoms with Crippen molar-refractivity contribution in [2.45, 2.75) is 107 Å². The van der Waals surface area contributed by atoms with Gasteiger partial charge in [0.15, 0.2) is 23.1 Å². The Balaban J connectivity index is -0.000000272. The molecule has 0 bridgehead atoms. The number of ketones is 4. The number of aromatic nitrogens is 4. The molecule has 0 aromatic carbocycles. The minimum Gasteiger partial charge on any atom is -0.412 e. The second-order valence-corrected chi connectivity index (χ2v) is 15.6. The summed E-state index contributed by atoms with van der Waals surface area (Å²) in [5.74, 6) is 0.290. The van der Waals surface area contributed by atoms with Crippen molar-refractivity contribution in [1.29, 1.82) is 0 Å². The van der Waals surface area contributed by atoms with Crippen molar-refractivity contribution in [1.82, 2.24) is 41.2 Å². The highest BCUT2D eigenvalue weighted by atomic mass is 16.1. The van der Waals surface area contributed by atoms with Crippen LogP contribution in [0.15, 0.2) is 143 Å². The monoisotopic (exact) mass is 1010 g/mol. The molecule has 0 saturated heterocycles. The van der Waals surface area contributed by atoms with Crippen LogP contribution in [0.2, 0.25) is 0 Å². The lowest BCUT2D eigenvalue weighted by Crippen LogP contribution is -2.27. The number of hydrogen-bond donors (Lipinski definition) is 4. The van der Waals surface area contributed by atoms with Crippen LogP contribution in [0.4, 0.5) is 0 Å². The Labute approximate surface area is 424 Å². The molecule has 0 radical (unpaired) electrons. The van der Waals surface area contributed by atoms with Crippen molar-refractivity contribution in [2.75, 3.05) is 26.2 Å². The molecule has 0 amide bonds. The van der Waals surface area contributed by atoms with Crippen molar-refractivity contribution >= 4 is 23.1 Å². The zero-order valence-corrected chi connectivity index (χ0v) is 43.1. The van der Waals surface area contributed by atoms with E-state index in [-0.39, 0.29) is 66.9 Å². The van der Waals surface area contributed by atoms with Gasteiger partial charge in [0.1, 0.15) is 0 Å². The van der Waals surface area contributed by atoms with Crippen molar-refractivity contribution in [3.63, 3.8) is 0 Å². The summed E-state index contributed by atoms with van der Waals surface area (Å²) in [5, 5.41) is 13.4. The fourth-order valence-corrected chi connectivity index (χ4v) is 7.13. The van der Waals surface area contributed by atoms with Gasteiger partial charge in [-0.1, -0.05) is 24.3 Å². The van der Waals surface area contributed by atoms with E-state index in [4.69, 9.17) is 0 Å². The van der Waals surface area contributed by atoms with Gasteiger partial charge in [-0.3, -0.25) is 39.1 Å². The molecule has 404 valence electrons. The van der Waals surface area contributed by atoms with Gasteiger partial charge in [0.2, 0.25) is 0 Å². The second kappa shape index (κ2) is 43.0. The van der Waals surface area contributed by atoms with Gasteiger partial charge in [-0.2, -0.15) is 0 Å². The van der Waals surface area contributed by atoms with E-state index in [0.717, 1.165) is 93.5 Å². The van der Waals surface area contributed by atoms with E-state index >= 15 is 0 Å². The number of carbonyl (C=O) groups is 4. The molecule has 0 aliphatic heterocycles. The fourth-order valence-electron chi connectivity index (χ4n) is 7.13. The summed E-state index contributed by atoms with van der Waals surface area (Å²) in [7, 11) is 0. The Morgan fingerprint density at radius 1 is 0.319 bits per heavy atom. The largest absolute Gasteiger partial charge is 0.412 e. The SMILES string of the molecule is CC(=O)/C(CCc1ccccn1)=C(/C)NCCN/C(C)=C(/CCc1ccccn1)C(C)=O.CC(=O)/C(CCc1ccccn1)=C(/C)NCCN/C(C)=C(/CCc1ccccn1)C(C)=O.O.O.O.O.O.O.O.O. The normalized spacial score (nSPS) is 11.1. The van der Waals surface area contributed by atoms with Crippen LogP contribution in [0.1, 0.15) is 104 Å². The first-order valence-electron chi connectivity index (χ1n) is 22.1. The van der Waals surface area contributed by atoms with Crippen LogP contribution < -0.4 is 21.3 Å². The number of carbonyl (C=O) groups excluding carboxylic acids is 4. The second-order valence-electron chi connectivity index (χ2n) is 15.6. The number of pyridine rings is 4. The average molecular weight is 1010 g/mol. The molecule has 4 rings (SSSR count). The van der Waals surface area contributed by atoms with Crippen molar-refractivity contribution in [2.24, 2.45) is 0 Å². The molecule has 0 spiro atoms. The van der Waals surface area contributed by atoms with Gasteiger partial charge in [0.05, 0.1) is 0 Å². The van der Waals surface area contributed by atoms with Crippen molar-refractivity contribution in [3.8, 4) is 0 Å². The lowest BCUT2D eigenvalue weighted by Gasteiger charge is -2.15. The van der Waals surface area contributed by atoms with Crippen LogP contribution in [0.25, 0.3) is 0 Å². The molecule has 4 heterocycles. The Bertz CT molecular complexity index is 1930. The van der Waals surface area contributed by atoms with Gasteiger partial charge in [0, 0.05) is 119 Å². The molecule has 0 saturated carbocycles. The summed E-state index contributed by atoms with van der Waals surface area (Å²) in [6.45, 7) is 16.7. The predicted octanol–water partition coefficient (Wildman–Crippen LogP) is 1.30. The number of aryl methyl sites for hydroxylation is 4. The van der Waals surface area contributed by atoms with E-state index in [0.29, 0.717) is 51.9 Å². The summed E-state index contributed by atoms with van der Waals surface area (Å²) in [6.07, 6.45) is 12.6. The molecule has 20 nitrogen and oxygen atoms in total. The number of nitrogens with one attached hydrogen (secondary N) is 4. The lowest BCUT2D eigenvalue weighted by atomic mass is 10.0. The van der Waals surface area contributed by atoms with Gasteiger partial charge < -0.3 is 65.1 Å². The number of rotatable bonds is 26. The Kier molecular flexibility index (Phi) is 45.7. The molecule has 72 heavy (non-hydrogen) atoms. The Hall–Kier alpha value is -6.88. The Morgan fingerprint density at radius 2 is 0.500 bits per heavy atom. The highest BCUT2D eigenvalue weighted by Crippen LogP contribution is 2.16. The first kappa shape index (κ1) is 76.6. The van der Waals surface area contributed by atoms with Crippen LogP contribution in [-0.2, 0) is 44.9 Å². The van der Waals surface area contributed by atoms with Gasteiger partial charge in [0.25, 0.3) is 0 Å². The molecule has 0 fully saturated rings. The van der Waals surface area contributed by atoms with Crippen molar-refractivity contribution in [3.05, 3.63) is 165 Å². The third kappa shape index (κ3) is 29.3. The van der Waals surface area contributed by atoms with Crippen LogP contribution in [0.3, 0.4) is 0 Å². The van der Waals surface area contributed by atoms with Gasteiger partial charge in [-0.25, -0.2) is 0 Å². The summed E-state index contributed by atoms with van der Waals surface area (Å²) in [4.78, 5) is 65.8. The maximum Gasteiger partial charge on any atom is 0.157 e. The quantitative estimate of drug-likeness (QED) is 0.0511. The molecule has 0 unspecified atom stereocenters. The number of allylic oxidation sites excluding steroid dienone is 8. The topological polar surface area (TPSA) is 420 Å². The first-order chi connectivity index (χ1) is 30.8. The summed E-state index contributed by atoms with van der Waals surface area (Å²) in [5.41, 5.74) is 10.6. The molecule has 0 aliphatic carbocycles.